The van der Waals surface area contributed by atoms with Crippen LogP contribution in [0.3, 0.4) is 0 Å². The van der Waals surface area contributed by atoms with Gasteiger partial charge in [0.1, 0.15) is 5.82 Å². The number of nitrogens with zero attached hydrogens (tertiary/aromatic N) is 1. The maximum atomic E-state index is 11.0. The van der Waals surface area contributed by atoms with Crippen molar-refractivity contribution in [3.63, 3.8) is 0 Å². The van der Waals surface area contributed by atoms with Gasteiger partial charge in [-0.15, -0.1) is 0 Å². The van der Waals surface area contributed by atoms with E-state index in [9.17, 15) is 9.90 Å². The fourth-order valence-electron chi connectivity index (χ4n) is 1.58. The number of aliphatic hydroxyl groups excluding tert-OH is 1. The smallest absolute Gasteiger partial charge is 0.335 e. The zero-order valence-corrected chi connectivity index (χ0v) is 11.0. The van der Waals surface area contributed by atoms with Crippen LogP contribution in [0.2, 0.25) is 0 Å². The Hall–Kier alpha value is -1.62. The van der Waals surface area contributed by atoms with E-state index in [0.29, 0.717) is 12.2 Å². The van der Waals surface area contributed by atoms with Crippen LogP contribution in [0.4, 0.5) is 5.82 Å². The lowest BCUT2D eigenvalue weighted by Crippen LogP contribution is -2.30. The Balaban J connectivity index is 3.00. The van der Waals surface area contributed by atoms with E-state index >= 15 is 0 Å². The standard InChI is InChI=1S/C13H20N2O3/c1-4-10-5-9(13(17)18)6-12(14-10)15-11(7-16)8(2)3/h5-6,8,11,16H,4,7H2,1-3H3,(H,14,15)(H,17,18)/t11-/m1/s1. The summed E-state index contributed by atoms with van der Waals surface area (Å²) in [6.45, 7) is 5.87. The topological polar surface area (TPSA) is 82.5 Å². The molecule has 0 aliphatic carbocycles. The van der Waals surface area contributed by atoms with Crippen molar-refractivity contribution in [2.45, 2.75) is 33.2 Å². The number of aromatic nitrogens is 1. The van der Waals surface area contributed by atoms with Gasteiger partial charge in [0.15, 0.2) is 0 Å². The molecule has 0 bridgehead atoms. The molecule has 1 aromatic heterocycles. The first-order valence-electron chi connectivity index (χ1n) is 6.09. The van der Waals surface area contributed by atoms with Gasteiger partial charge in [-0.05, 0) is 24.5 Å². The van der Waals surface area contributed by atoms with Crippen LogP contribution in [-0.2, 0) is 6.42 Å². The van der Waals surface area contributed by atoms with Crippen molar-refractivity contribution in [2.75, 3.05) is 11.9 Å². The molecule has 0 unspecified atom stereocenters. The van der Waals surface area contributed by atoms with Gasteiger partial charge in [0, 0.05) is 5.69 Å². The van der Waals surface area contributed by atoms with Crippen LogP contribution in [0, 0.1) is 5.92 Å². The summed E-state index contributed by atoms with van der Waals surface area (Å²) in [5, 5.41) is 21.4. The molecule has 0 fully saturated rings. The summed E-state index contributed by atoms with van der Waals surface area (Å²) < 4.78 is 0. The number of aromatic carboxylic acids is 1. The fourth-order valence-corrected chi connectivity index (χ4v) is 1.58. The average molecular weight is 252 g/mol. The van der Waals surface area contributed by atoms with E-state index < -0.39 is 5.97 Å². The lowest BCUT2D eigenvalue weighted by molar-refractivity contribution is 0.0696. The second-order valence-electron chi connectivity index (χ2n) is 4.57. The minimum atomic E-state index is -0.972. The zero-order valence-electron chi connectivity index (χ0n) is 11.0. The highest BCUT2D eigenvalue weighted by Gasteiger charge is 2.14. The first kappa shape index (κ1) is 14.4. The summed E-state index contributed by atoms with van der Waals surface area (Å²) >= 11 is 0. The van der Waals surface area contributed by atoms with E-state index in [1.54, 1.807) is 6.07 Å². The normalized spacial score (nSPS) is 12.5. The molecule has 0 aliphatic heterocycles. The molecule has 3 N–H and O–H groups in total. The Kier molecular flexibility index (Phi) is 5.09. The van der Waals surface area contributed by atoms with Crippen molar-refractivity contribution in [1.82, 2.24) is 4.98 Å². The van der Waals surface area contributed by atoms with Gasteiger partial charge in [-0.2, -0.15) is 0 Å². The van der Waals surface area contributed by atoms with E-state index in [4.69, 9.17) is 5.11 Å². The number of aliphatic hydroxyl groups is 1. The van der Waals surface area contributed by atoms with Crippen LogP contribution in [-0.4, -0.2) is 33.8 Å². The highest BCUT2D eigenvalue weighted by atomic mass is 16.4. The number of carbonyl (C=O) groups is 1. The van der Waals surface area contributed by atoms with Crippen LogP contribution in [0.25, 0.3) is 0 Å². The summed E-state index contributed by atoms with van der Waals surface area (Å²) in [6, 6.07) is 2.93. The lowest BCUT2D eigenvalue weighted by atomic mass is 10.1. The van der Waals surface area contributed by atoms with Gasteiger partial charge in [0.2, 0.25) is 0 Å². The van der Waals surface area contributed by atoms with Gasteiger partial charge < -0.3 is 15.5 Å². The van der Waals surface area contributed by atoms with E-state index in [-0.39, 0.29) is 24.1 Å². The largest absolute Gasteiger partial charge is 0.478 e. The first-order valence-corrected chi connectivity index (χ1v) is 6.09. The molecule has 1 atom stereocenters. The molecule has 1 heterocycles. The van der Waals surface area contributed by atoms with Crippen molar-refractivity contribution in [3.8, 4) is 0 Å². The Morgan fingerprint density at radius 1 is 1.44 bits per heavy atom. The van der Waals surface area contributed by atoms with Crippen molar-refractivity contribution in [1.29, 1.82) is 0 Å². The summed E-state index contributed by atoms with van der Waals surface area (Å²) in [6.07, 6.45) is 0.668. The molecule has 0 saturated heterocycles. The average Bonchev–Trinajstić information content (AvgIpc) is 2.34. The second kappa shape index (κ2) is 6.35. The van der Waals surface area contributed by atoms with E-state index in [0.717, 1.165) is 5.69 Å². The molecule has 5 heteroatoms. The maximum Gasteiger partial charge on any atom is 0.335 e. The van der Waals surface area contributed by atoms with Crippen LogP contribution in [0.5, 0.6) is 0 Å². The predicted octanol–water partition coefficient (Wildman–Crippen LogP) is 1.77. The number of hydrogen-bond donors (Lipinski definition) is 3. The molecular weight excluding hydrogens is 232 g/mol. The molecule has 0 amide bonds. The molecule has 0 aliphatic rings. The highest BCUT2D eigenvalue weighted by Crippen LogP contribution is 2.14. The van der Waals surface area contributed by atoms with Crippen molar-refractivity contribution in [2.24, 2.45) is 5.92 Å². The molecule has 0 spiro atoms. The van der Waals surface area contributed by atoms with Crippen LogP contribution >= 0.6 is 0 Å². The molecule has 0 aromatic carbocycles. The molecular formula is C13H20N2O3. The van der Waals surface area contributed by atoms with Crippen LogP contribution < -0.4 is 5.32 Å². The minimum absolute atomic E-state index is 0.0158. The molecule has 1 aromatic rings. The van der Waals surface area contributed by atoms with Crippen molar-refractivity contribution >= 4 is 11.8 Å². The summed E-state index contributed by atoms with van der Waals surface area (Å²) in [5.41, 5.74) is 0.933. The van der Waals surface area contributed by atoms with Crippen LogP contribution in [0.15, 0.2) is 12.1 Å². The summed E-state index contributed by atoms with van der Waals surface area (Å²) in [4.78, 5) is 15.3. The van der Waals surface area contributed by atoms with E-state index in [1.807, 2.05) is 20.8 Å². The highest BCUT2D eigenvalue weighted by molar-refractivity contribution is 5.88. The number of carboxylic acid groups (broad SMARTS) is 1. The van der Waals surface area contributed by atoms with Gasteiger partial charge in [-0.25, -0.2) is 9.78 Å². The van der Waals surface area contributed by atoms with Crippen molar-refractivity contribution < 1.29 is 15.0 Å². The monoisotopic (exact) mass is 252 g/mol. The SMILES string of the molecule is CCc1cc(C(=O)O)cc(N[C@H](CO)C(C)C)n1. The summed E-state index contributed by atoms with van der Waals surface area (Å²) in [7, 11) is 0. The predicted molar refractivity (Wildman–Crippen MR) is 69.9 cm³/mol. The number of pyridine rings is 1. The lowest BCUT2D eigenvalue weighted by Gasteiger charge is -2.21. The third kappa shape index (κ3) is 3.70. The number of hydrogen-bond acceptors (Lipinski definition) is 4. The Morgan fingerprint density at radius 2 is 2.11 bits per heavy atom. The molecule has 18 heavy (non-hydrogen) atoms. The number of aryl methyl sites for hydroxylation is 1. The van der Waals surface area contributed by atoms with Gasteiger partial charge in [0.25, 0.3) is 0 Å². The number of anilines is 1. The number of rotatable bonds is 6. The Labute approximate surface area is 107 Å². The molecule has 100 valence electrons. The minimum Gasteiger partial charge on any atom is -0.478 e. The third-order valence-corrected chi connectivity index (χ3v) is 2.82. The summed E-state index contributed by atoms with van der Waals surface area (Å²) in [5.74, 6) is -0.241. The second-order valence-corrected chi connectivity index (χ2v) is 4.57. The molecule has 0 saturated carbocycles. The quantitative estimate of drug-likeness (QED) is 0.718. The Morgan fingerprint density at radius 3 is 2.56 bits per heavy atom. The van der Waals surface area contributed by atoms with Crippen LogP contribution in [0.1, 0.15) is 36.8 Å². The van der Waals surface area contributed by atoms with Crippen molar-refractivity contribution in [3.05, 3.63) is 23.4 Å². The number of carboxylic acids is 1. The van der Waals surface area contributed by atoms with E-state index in [2.05, 4.69) is 10.3 Å². The molecule has 0 radical (unpaired) electrons. The third-order valence-electron chi connectivity index (χ3n) is 2.82. The molecule has 1 rings (SSSR count). The van der Waals surface area contributed by atoms with E-state index in [1.165, 1.54) is 6.07 Å². The van der Waals surface area contributed by atoms with Gasteiger partial charge in [-0.3, -0.25) is 0 Å². The first-order chi connectivity index (χ1) is 8.47. The van der Waals surface area contributed by atoms with Gasteiger partial charge >= 0.3 is 5.97 Å². The zero-order chi connectivity index (χ0) is 13.7. The Bertz CT molecular complexity index is 419. The van der Waals surface area contributed by atoms with Gasteiger partial charge in [-0.1, -0.05) is 20.8 Å². The van der Waals surface area contributed by atoms with Gasteiger partial charge in [0.05, 0.1) is 18.2 Å². The maximum absolute atomic E-state index is 11.0. The fraction of sp³-hybridized carbons (Fsp3) is 0.538. The molecule has 5 nitrogen and oxygen atoms in total. The number of nitrogens with one attached hydrogen (secondary N) is 1.